The summed E-state index contributed by atoms with van der Waals surface area (Å²) in [5.74, 6) is -1.04. The number of halogens is 1. The second-order valence-corrected chi connectivity index (χ2v) is 6.54. The highest BCUT2D eigenvalue weighted by atomic mass is 35.5. The van der Waals surface area contributed by atoms with Crippen molar-refractivity contribution in [2.24, 2.45) is 0 Å². The Bertz CT molecular complexity index is 1020. The van der Waals surface area contributed by atoms with Gasteiger partial charge < -0.3 is 10.1 Å². The highest BCUT2D eigenvalue weighted by Crippen LogP contribution is 2.21. The summed E-state index contributed by atoms with van der Waals surface area (Å²) in [6.45, 7) is 6.00. The lowest BCUT2D eigenvalue weighted by Crippen LogP contribution is -2.30. The minimum atomic E-state index is -0.974. The SMILES string of the molecule is CCn1nnc2cc(C(=O)O[C@@H](C)C(=O)Nc3cc(Cl)ccc3C)ccc21. The highest BCUT2D eigenvalue weighted by molar-refractivity contribution is 6.31. The summed E-state index contributed by atoms with van der Waals surface area (Å²) in [5, 5.41) is 11.3. The fourth-order valence-electron chi connectivity index (χ4n) is 2.58. The number of ether oxygens (including phenoxy) is 1. The number of amides is 1. The van der Waals surface area contributed by atoms with Crippen molar-refractivity contribution < 1.29 is 14.3 Å². The summed E-state index contributed by atoms with van der Waals surface area (Å²) >= 11 is 5.95. The molecule has 0 spiro atoms. The number of nitrogens with one attached hydrogen (secondary N) is 1. The second kappa shape index (κ2) is 7.75. The summed E-state index contributed by atoms with van der Waals surface area (Å²) in [7, 11) is 0. The molecule has 27 heavy (non-hydrogen) atoms. The molecule has 0 saturated heterocycles. The van der Waals surface area contributed by atoms with E-state index < -0.39 is 18.0 Å². The molecular weight excluding hydrogens is 368 g/mol. The molecule has 0 saturated carbocycles. The first-order valence-corrected chi connectivity index (χ1v) is 8.88. The molecule has 8 heteroatoms. The van der Waals surface area contributed by atoms with Crippen LogP contribution in [-0.4, -0.2) is 33.0 Å². The summed E-state index contributed by atoms with van der Waals surface area (Å²) in [4.78, 5) is 24.7. The van der Waals surface area contributed by atoms with Gasteiger partial charge in [0, 0.05) is 17.3 Å². The zero-order chi connectivity index (χ0) is 19.6. The lowest BCUT2D eigenvalue weighted by atomic mass is 10.2. The zero-order valence-corrected chi connectivity index (χ0v) is 15.9. The summed E-state index contributed by atoms with van der Waals surface area (Å²) in [6, 6.07) is 10.2. The largest absolute Gasteiger partial charge is 0.449 e. The molecule has 0 aliphatic rings. The number of aryl methyl sites for hydroxylation is 2. The van der Waals surface area contributed by atoms with E-state index in [-0.39, 0.29) is 0 Å². The highest BCUT2D eigenvalue weighted by Gasteiger charge is 2.20. The first-order valence-electron chi connectivity index (χ1n) is 8.50. The Morgan fingerprint density at radius 2 is 2.04 bits per heavy atom. The molecule has 3 rings (SSSR count). The van der Waals surface area contributed by atoms with Crippen LogP contribution in [0.2, 0.25) is 5.02 Å². The van der Waals surface area contributed by atoms with Crippen molar-refractivity contribution in [2.45, 2.75) is 33.4 Å². The molecule has 140 valence electrons. The van der Waals surface area contributed by atoms with Gasteiger partial charge in [0.15, 0.2) is 6.10 Å². The maximum absolute atomic E-state index is 12.4. The third-order valence-electron chi connectivity index (χ3n) is 4.16. The quantitative estimate of drug-likeness (QED) is 0.677. The minimum Gasteiger partial charge on any atom is -0.449 e. The predicted octanol–water partition coefficient (Wildman–Crippen LogP) is 3.60. The number of nitrogens with zero attached hydrogens (tertiary/aromatic N) is 3. The molecule has 1 N–H and O–H groups in total. The van der Waals surface area contributed by atoms with Crippen LogP contribution >= 0.6 is 11.6 Å². The number of benzene rings is 2. The smallest absolute Gasteiger partial charge is 0.338 e. The van der Waals surface area contributed by atoms with E-state index in [1.807, 2.05) is 13.8 Å². The zero-order valence-electron chi connectivity index (χ0n) is 15.2. The standard InChI is InChI=1S/C19H19ClN4O3/c1-4-24-17-8-6-13(9-16(17)22-23-24)19(26)27-12(3)18(25)21-15-10-14(20)7-5-11(15)2/h5-10,12H,4H2,1-3H3,(H,21,25)/t12-/m0/s1. The van der Waals surface area contributed by atoms with E-state index in [4.69, 9.17) is 16.3 Å². The molecule has 7 nitrogen and oxygen atoms in total. The molecule has 0 fully saturated rings. The maximum atomic E-state index is 12.4. The van der Waals surface area contributed by atoms with Crippen LogP contribution in [0.5, 0.6) is 0 Å². The molecule has 2 aromatic carbocycles. The summed E-state index contributed by atoms with van der Waals surface area (Å²) < 4.78 is 7.01. The van der Waals surface area contributed by atoms with Crippen LogP contribution in [0.15, 0.2) is 36.4 Å². The first kappa shape index (κ1) is 18.8. The fourth-order valence-corrected chi connectivity index (χ4v) is 2.75. The summed E-state index contributed by atoms with van der Waals surface area (Å²) in [5.41, 5.74) is 3.17. The molecule has 0 radical (unpaired) electrons. The number of anilines is 1. The van der Waals surface area contributed by atoms with Crippen molar-refractivity contribution >= 4 is 40.2 Å². The van der Waals surface area contributed by atoms with Gasteiger partial charge in [-0.05, 0) is 56.7 Å². The predicted molar refractivity (Wildman–Crippen MR) is 103 cm³/mol. The average molecular weight is 387 g/mol. The van der Waals surface area contributed by atoms with Crippen molar-refractivity contribution in [1.82, 2.24) is 15.0 Å². The number of rotatable bonds is 5. The van der Waals surface area contributed by atoms with Gasteiger partial charge in [-0.1, -0.05) is 22.9 Å². The van der Waals surface area contributed by atoms with Crippen LogP contribution < -0.4 is 5.32 Å². The molecule has 1 amide bonds. The molecule has 0 bridgehead atoms. The van der Waals surface area contributed by atoms with Crippen LogP contribution in [-0.2, 0) is 16.1 Å². The van der Waals surface area contributed by atoms with Gasteiger partial charge in [0.05, 0.1) is 11.1 Å². The number of esters is 1. The van der Waals surface area contributed by atoms with Crippen LogP contribution in [0.4, 0.5) is 5.69 Å². The van der Waals surface area contributed by atoms with Crippen LogP contribution in [0, 0.1) is 6.92 Å². The van der Waals surface area contributed by atoms with E-state index >= 15 is 0 Å². The number of fused-ring (bicyclic) bond motifs is 1. The third-order valence-corrected chi connectivity index (χ3v) is 4.39. The Labute approximate surface area is 161 Å². The third kappa shape index (κ3) is 4.09. The van der Waals surface area contributed by atoms with Crippen molar-refractivity contribution in [3.63, 3.8) is 0 Å². The lowest BCUT2D eigenvalue weighted by Gasteiger charge is -2.15. The van der Waals surface area contributed by atoms with Crippen LogP contribution in [0.3, 0.4) is 0 Å². The van der Waals surface area contributed by atoms with Crippen molar-refractivity contribution in [2.75, 3.05) is 5.32 Å². The average Bonchev–Trinajstić information content (AvgIpc) is 3.06. The van der Waals surface area contributed by atoms with E-state index in [2.05, 4.69) is 15.6 Å². The minimum absolute atomic E-state index is 0.309. The number of aromatic nitrogens is 3. The normalized spacial score (nSPS) is 12.0. The molecule has 0 unspecified atom stereocenters. The monoisotopic (exact) mass is 386 g/mol. The molecule has 0 aliphatic heterocycles. The molecule has 0 aliphatic carbocycles. The van der Waals surface area contributed by atoms with Crippen molar-refractivity contribution in [3.8, 4) is 0 Å². The van der Waals surface area contributed by atoms with Gasteiger partial charge in [-0.15, -0.1) is 5.10 Å². The second-order valence-electron chi connectivity index (χ2n) is 6.10. The number of hydrogen-bond acceptors (Lipinski definition) is 5. The van der Waals surface area contributed by atoms with Gasteiger partial charge in [-0.25, -0.2) is 9.48 Å². The van der Waals surface area contributed by atoms with Crippen LogP contribution in [0.1, 0.15) is 29.8 Å². The van der Waals surface area contributed by atoms with Crippen LogP contribution in [0.25, 0.3) is 11.0 Å². The van der Waals surface area contributed by atoms with Gasteiger partial charge in [0.1, 0.15) is 5.52 Å². The molecular formula is C19H19ClN4O3. The maximum Gasteiger partial charge on any atom is 0.338 e. The van der Waals surface area contributed by atoms with Gasteiger partial charge in [0.2, 0.25) is 0 Å². The van der Waals surface area contributed by atoms with E-state index in [0.29, 0.717) is 28.3 Å². The van der Waals surface area contributed by atoms with Gasteiger partial charge in [0.25, 0.3) is 5.91 Å². The van der Waals surface area contributed by atoms with Gasteiger partial charge >= 0.3 is 5.97 Å². The molecule has 1 heterocycles. The summed E-state index contributed by atoms with van der Waals surface area (Å²) in [6.07, 6.45) is -0.974. The van der Waals surface area contributed by atoms with Crippen molar-refractivity contribution in [1.29, 1.82) is 0 Å². The Hall–Kier alpha value is -2.93. The van der Waals surface area contributed by atoms with E-state index in [1.165, 1.54) is 6.92 Å². The molecule has 1 aromatic heterocycles. The van der Waals surface area contributed by atoms with E-state index in [9.17, 15) is 9.59 Å². The Balaban J connectivity index is 1.69. The lowest BCUT2D eigenvalue weighted by molar-refractivity contribution is -0.123. The number of hydrogen-bond donors (Lipinski definition) is 1. The fraction of sp³-hybridized carbons (Fsp3) is 0.263. The molecule has 3 aromatic rings. The van der Waals surface area contributed by atoms with E-state index in [1.54, 1.807) is 41.1 Å². The van der Waals surface area contributed by atoms with Crippen molar-refractivity contribution in [3.05, 3.63) is 52.5 Å². The molecule has 1 atom stereocenters. The van der Waals surface area contributed by atoms with Gasteiger partial charge in [-0.2, -0.15) is 0 Å². The Morgan fingerprint density at radius 3 is 2.78 bits per heavy atom. The number of carbonyl (C=O) groups excluding carboxylic acids is 2. The topological polar surface area (TPSA) is 86.1 Å². The Kier molecular flexibility index (Phi) is 5.41. The van der Waals surface area contributed by atoms with Gasteiger partial charge in [-0.3, -0.25) is 4.79 Å². The van der Waals surface area contributed by atoms with E-state index in [0.717, 1.165) is 11.1 Å². The first-order chi connectivity index (χ1) is 12.9. The number of carbonyl (C=O) groups is 2. The Morgan fingerprint density at radius 1 is 1.26 bits per heavy atom.